The summed E-state index contributed by atoms with van der Waals surface area (Å²) in [5.41, 5.74) is 5.58. The normalized spacial score (nSPS) is 27.4. The number of nitrogens with two attached hydrogens (primary N) is 1. The molecule has 1 aliphatic rings. The van der Waals surface area contributed by atoms with Gasteiger partial charge in [0.05, 0.1) is 6.10 Å². The number of amides is 1. The third-order valence-corrected chi connectivity index (χ3v) is 3.17. The van der Waals surface area contributed by atoms with Gasteiger partial charge >= 0.3 is 0 Å². The van der Waals surface area contributed by atoms with Gasteiger partial charge in [0.15, 0.2) is 0 Å². The minimum Gasteiger partial charge on any atom is -0.393 e. The molecule has 0 saturated heterocycles. The molecule has 0 radical (unpaired) electrons. The van der Waals surface area contributed by atoms with Gasteiger partial charge in [-0.2, -0.15) is 0 Å². The van der Waals surface area contributed by atoms with Crippen LogP contribution in [0.1, 0.15) is 45.4 Å². The van der Waals surface area contributed by atoms with Gasteiger partial charge < -0.3 is 16.2 Å². The van der Waals surface area contributed by atoms with Crippen molar-refractivity contribution in [3.05, 3.63) is 0 Å². The minimum atomic E-state index is -0.167. The molecule has 3 unspecified atom stereocenters. The summed E-state index contributed by atoms with van der Waals surface area (Å²) in [4.78, 5) is 11.4. The van der Waals surface area contributed by atoms with Gasteiger partial charge in [0.2, 0.25) is 5.91 Å². The van der Waals surface area contributed by atoms with Crippen molar-refractivity contribution in [2.75, 3.05) is 6.54 Å². The number of carbonyl (C=O) groups excluding carboxylic acids is 1. The topological polar surface area (TPSA) is 75.4 Å². The van der Waals surface area contributed by atoms with Crippen molar-refractivity contribution < 1.29 is 9.90 Å². The molecule has 1 rings (SSSR count). The molecule has 1 amide bonds. The van der Waals surface area contributed by atoms with Crippen molar-refractivity contribution in [1.82, 2.24) is 5.32 Å². The maximum Gasteiger partial charge on any atom is 0.220 e. The molecular formula is C12H24N2O2. The second kappa shape index (κ2) is 6.86. The Morgan fingerprint density at radius 1 is 1.56 bits per heavy atom. The van der Waals surface area contributed by atoms with E-state index in [0.717, 1.165) is 32.1 Å². The SMILES string of the molecule is CC(N)CCC(=O)NCC1CCCC(O)C1. The number of aliphatic hydroxyl groups excluding tert-OH is 1. The minimum absolute atomic E-state index is 0.0809. The molecule has 16 heavy (non-hydrogen) atoms. The van der Waals surface area contributed by atoms with Crippen molar-refractivity contribution in [3.63, 3.8) is 0 Å². The lowest BCUT2D eigenvalue weighted by molar-refractivity contribution is -0.121. The molecule has 4 nitrogen and oxygen atoms in total. The van der Waals surface area contributed by atoms with Gasteiger partial charge in [-0.3, -0.25) is 4.79 Å². The zero-order valence-electron chi connectivity index (χ0n) is 10.1. The highest BCUT2D eigenvalue weighted by atomic mass is 16.3. The van der Waals surface area contributed by atoms with Crippen LogP contribution in [-0.2, 0) is 4.79 Å². The van der Waals surface area contributed by atoms with Crippen molar-refractivity contribution >= 4 is 5.91 Å². The fourth-order valence-electron chi connectivity index (χ4n) is 2.15. The highest BCUT2D eigenvalue weighted by molar-refractivity contribution is 5.75. The average molecular weight is 228 g/mol. The van der Waals surface area contributed by atoms with Crippen LogP contribution in [0.5, 0.6) is 0 Å². The number of nitrogens with one attached hydrogen (secondary N) is 1. The third kappa shape index (κ3) is 5.47. The standard InChI is InChI=1S/C12H24N2O2/c1-9(13)5-6-12(16)14-8-10-3-2-4-11(15)7-10/h9-11,15H,2-8,13H2,1H3,(H,14,16). The molecule has 0 heterocycles. The van der Waals surface area contributed by atoms with E-state index in [2.05, 4.69) is 5.32 Å². The van der Waals surface area contributed by atoms with E-state index in [9.17, 15) is 9.90 Å². The summed E-state index contributed by atoms with van der Waals surface area (Å²) < 4.78 is 0. The zero-order chi connectivity index (χ0) is 12.0. The maximum absolute atomic E-state index is 11.4. The Bertz CT molecular complexity index is 219. The molecule has 1 fully saturated rings. The van der Waals surface area contributed by atoms with Crippen LogP contribution >= 0.6 is 0 Å². The molecule has 3 atom stereocenters. The van der Waals surface area contributed by atoms with E-state index in [4.69, 9.17) is 5.73 Å². The number of hydrogen-bond acceptors (Lipinski definition) is 3. The fourth-order valence-corrected chi connectivity index (χ4v) is 2.15. The number of rotatable bonds is 5. The molecule has 0 aromatic carbocycles. The Labute approximate surface area is 97.6 Å². The Morgan fingerprint density at radius 2 is 2.31 bits per heavy atom. The summed E-state index contributed by atoms with van der Waals surface area (Å²) in [6.07, 6.45) is 5.00. The second-order valence-corrected chi connectivity index (χ2v) is 5.01. The van der Waals surface area contributed by atoms with Gasteiger partial charge in [-0.25, -0.2) is 0 Å². The number of carbonyl (C=O) groups is 1. The third-order valence-electron chi connectivity index (χ3n) is 3.17. The first-order valence-corrected chi connectivity index (χ1v) is 6.28. The summed E-state index contributed by atoms with van der Waals surface area (Å²) >= 11 is 0. The van der Waals surface area contributed by atoms with E-state index >= 15 is 0 Å². The molecule has 1 aliphatic carbocycles. The van der Waals surface area contributed by atoms with Crippen LogP contribution in [0.2, 0.25) is 0 Å². The van der Waals surface area contributed by atoms with Crippen LogP contribution in [0.3, 0.4) is 0 Å². The molecule has 94 valence electrons. The first-order valence-electron chi connectivity index (χ1n) is 6.28. The highest BCUT2D eigenvalue weighted by Crippen LogP contribution is 2.23. The first-order chi connectivity index (χ1) is 7.58. The highest BCUT2D eigenvalue weighted by Gasteiger charge is 2.20. The van der Waals surface area contributed by atoms with E-state index < -0.39 is 0 Å². The molecule has 4 N–H and O–H groups in total. The van der Waals surface area contributed by atoms with E-state index in [1.807, 2.05) is 6.92 Å². The van der Waals surface area contributed by atoms with Gasteiger partial charge in [-0.15, -0.1) is 0 Å². The summed E-state index contributed by atoms with van der Waals surface area (Å²) in [6.45, 7) is 2.61. The summed E-state index contributed by atoms with van der Waals surface area (Å²) in [5, 5.41) is 12.4. The average Bonchev–Trinajstić information content (AvgIpc) is 2.23. The first kappa shape index (κ1) is 13.5. The van der Waals surface area contributed by atoms with Gasteiger partial charge in [-0.1, -0.05) is 6.42 Å². The fraction of sp³-hybridized carbons (Fsp3) is 0.917. The summed E-state index contributed by atoms with van der Waals surface area (Å²) in [5.74, 6) is 0.528. The van der Waals surface area contributed by atoms with Gasteiger partial charge in [0.1, 0.15) is 0 Å². The Balaban J connectivity index is 2.11. The van der Waals surface area contributed by atoms with Crippen LogP contribution in [0.15, 0.2) is 0 Å². The van der Waals surface area contributed by atoms with E-state index in [0.29, 0.717) is 18.9 Å². The number of aliphatic hydroxyl groups is 1. The van der Waals surface area contributed by atoms with Crippen LogP contribution in [-0.4, -0.2) is 29.7 Å². The smallest absolute Gasteiger partial charge is 0.220 e. The lowest BCUT2D eigenvalue weighted by Gasteiger charge is -2.25. The second-order valence-electron chi connectivity index (χ2n) is 5.01. The maximum atomic E-state index is 11.4. The molecule has 0 spiro atoms. The quantitative estimate of drug-likeness (QED) is 0.651. The molecule has 0 aromatic heterocycles. The van der Waals surface area contributed by atoms with Crippen LogP contribution in [0.4, 0.5) is 0 Å². The van der Waals surface area contributed by atoms with Crippen LogP contribution < -0.4 is 11.1 Å². The largest absolute Gasteiger partial charge is 0.393 e. The molecular weight excluding hydrogens is 204 g/mol. The Hall–Kier alpha value is -0.610. The Kier molecular flexibility index (Phi) is 5.77. The predicted octanol–water partition coefficient (Wildman–Crippen LogP) is 0.781. The van der Waals surface area contributed by atoms with E-state index in [1.165, 1.54) is 0 Å². The van der Waals surface area contributed by atoms with Crippen molar-refractivity contribution in [2.45, 2.75) is 57.6 Å². The number of hydrogen-bond donors (Lipinski definition) is 3. The van der Waals surface area contributed by atoms with Crippen LogP contribution in [0.25, 0.3) is 0 Å². The van der Waals surface area contributed by atoms with Crippen molar-refractivity contribution in [2.24, 2.45) is 11.7 Å². The van der Waals surface area contributed by atoms with Gasteiger partial charge in [0.25, 0.3) is 0 Å². The molecule has 0 bridgehead atoms. The molecule has 0 aromatic rings. The molecule has 0 aliphatic heterocycles. The van der Waals surface area contributed by atoms with Gasteiger partial charge in [-0.05, 0) is 38.5 Å². The van der Waals surface area contributed by atoms with E-state index in [-0.39, 0.29) is 18.1 Å². The van der Waals surface area contributed by atoms with Crippen LogP contribution in [0, 0.1) is 5.92 Å². The zero-order valence-corrected chi connectivity index (χ0v) is 10.1. The summed E-state index contributed by atoms with van der Waals surface area (Å²) in [6, 6.07) is 0.0854. The van der Waals surface area contributed by atoms with E-state index in [1.54, 1.807) is 0 Å². The monoisotopic (exact) mass is 228 g/mol. The molecule has 1 saturated carbocycles. The van der Waals surface area contributed by atoms with Crippen molar-refractivity contribution in [1.29, 1.82) is 0 Å². The van der Waals surface area contributed by atoms with Gasteiger partial charge in [0, 0.05) is 19.0 Å². The summed E-state index contributed by atoms with van der Waals surface area (Å²) in [7, 11) is 0. The Morgan fingerprint density at radius 3 is 2.94 bits per heavy atom. The predicted molar refractivity (Wildman–Crippen MR) is 63.9 cm³/mol. The lowest BCUT2D eigenvalue weighted by Crippen LogP contribution is -2.33. The van der Waals surface area contributed by atoms with Crippen molar-refractivity contribution in [3.8, 4) is 0 Å². The molecule has 4 heteroatoms. The lowest BCUT2D eigenvalue weighted by atomic mass is 9.87.